The Balaban J connectivity index is 1.35. The van der Waals surface area contributed by atoms with Gasteiger partial charge in [-0.15, -0.1) is 0 Å². The van der Waals surface area contributed by atoms with Crippen LogP contribution in [0.25, 0.3) is 27.4 Å². The zero-order chi connectivity index (χ0) is 28.3. The van der Waals surface area contributed by atoms with Gasteiger partial charge < -0.3 is 20.1 Å². The van der Waals surface area contributed by atoms with Crippen LogP contribution in [0.1, 0.15) is 63.5 Å². The summed E-state index contributed by atoms with van der Waals surface area (Å²) in [6.45, 7) is 4.17. The third-order valence-corrected chi connectivity index (χ3v) is 11.2. The van der Waals surface area contributed by atoms with E-state index in [0.717, 1.165) is 81.4 Å². The second-order valence-corrected chi connectivity index (χ2v) is 13.7. The quantitative estimate of drug-likeness (QED) is 0.325. The number of hydrogen-bond donors (Lipinski definition) is 3. The van der Waals surface area contributed by atoms with Gasteiger partial charge in [0.05, 0.1) is 23.4 Å². The van der Waals surface area contributed by atoms with Crippen LogP contribution in [0.3, 0.4) is 0 Å². The predicted octanol–water partition coefficient (Wildman–Crippen LogP) is 5.83. The van der Waals surface area contributed by atoms with Gasteiger partial charge in [0, 0.05) is 40.5 Å². The second kappa shape index (κ2) is 10.4. The van der Waals surface area contributed by atoms with Crippen LogP contribution in [0.2, 0.25) is 0 Å². The number of allylic oxidation sites excluding steroid dienone is 2. The molecule has 5 aliphatic rings. The number of fused-ring (bicyclic) bond motifs is 5. The topological polar surface area (TPSA) is 75.6 Å². The molecule has 8 rings (SSSR count). The highest BCUT2D eigenvalue weighted by molar-refractivity contribution is 6.09. The first kappa shape index (κ1) is 26.8. The van der Waals surface area contributed by atoms with Crippen LogP contribution in [0.4, 0.5) is 0 Å². The molecule has 2 fully saturated rings. The number of H-pyrrole nitrogens is 1. The fourth-order valence-electron chi connectivity index (χ4n) is 9.60. The van der Waals surface area contributed by atoms with Crippen molar-refractivity contribution >= 4 is 27.4 Å². The maximum atomic E-state index is 13.0. The highest BCUT2D eigenvalue weighted by Crippen LogP contribution is 2.61. The lowest BCUT2D eigenvalue weighted by molar-refractivity contribution is -0.0850. The lowest BCUT2D eigenvalue weighted by Gasteiger charge is -2.58. The summed E-state index contributed by atoms with van der Waals surface area (Å²) in [6, 6.07) is 11.0. The summed E-state index contributed by atoms with van der Waals surface area (Å²) >= 11 is 0. The molecule has 1 aliphatic carbocycles. The Morgan fingerprint density at radius 2 is 1.83 bits per heavy atom. The number of aromatic amines is 1. The average molecular weight is 565 g/mol. The number of pyridine rings is 1. The highest BCUT2D eigenvalue weighted by atomic mass is 16.3. The van der Waals surface area contributed by atoms with Crippen LogP contribution >= 0.6 is 0 Å². The molecule has 2 aromatic heterocycles. The van der Waals surface area contributed by atoms with Gasteiger partial charge in [-0.2, -0.15) is 0 Å². The van der Waals surface area contributed by atoms with Crippen LogP contribution in [-0.2, 0) is 0 Å². The smallest absolute Gasteiger partial charge is 0.103 e. The van der Waals surface area contributed by atoms with Gasteiger partial charge in [-0.3, -0.25) is 9.88 Å². The van der Waals surface area contributed by atoms with Crippen molar-refractivity contribution < 1.29 is 10.2 Å². The third-order valence-electron chi connectivity index (χ3n) is 11.2. The molecule has 1 spiro atoms. The maximum Gasteiger partial charge on any atom is 0.103 e. The minimum atomic E-state index is -1.06. The predicted molar refractivity (Wildman–Crippen MR) is 169 cm³/mol. The van der Waals surface area contributed by atoms with E-state index in [9.17, 15) is 10.2 Å². The summed E-state index contributed by atoms with van der Waals surface area (Å²) in [7, 11) is 0. The number of piperidine rings is 1. The van der Waals surface area contributed by atoms with Gasteiger partial charge in [-0.05, 0) is 107 Å². The number of nitrogens with one attached hydrogen (secondary N) is 1. The van der Waals surface area contributed by atoms with E-state index in [0.29, 0.717) is 18.4 Å². The van der Waals surface area contributed by atoms with E-state index in [1.54, 1.807) is 0 Å². The van der Waals surface area contributed by atoms with Crippen molar-refractivity contribution in [2.75, 3.05) is 26.2 Å². The Kier molecular flexibility index (Phi) is 6.67. The molecule has 6 heteroatoms. The van der Waals surface area contributed by atoms with E-state index in [1.807, 2.05) is 12.3 Å². The highest BCUT2D eigenvalue weighted by Gasteiger charge is 2.65. The number of hydrogen-bond acceptors (Lipinski definition) is 5. The zero-order valence-corrected chi connectivity index (χ0v) is 24.6. The molecular formula is C36H44N4O2. The maximum absolute atomic E-state index is 13.0. The molecule has 42 heavy (non-hydrogen) atoms. The fourth-order valence-corrected chi connectivity index (χ4v) is 9.60. The molecule has 0 radical (unpaired) electrons. The van der Waals surface area contributed by atoms with Crippen molar-refractivity contribution in [1.29, 1.82) is 0 Å². The van der Waals surface area contributed by atoms with E-state index >= 15 is 0 Å². The van der Waals surface area contributed by atoms with E-state index in [-0.39, 0.29) is 11.5 Å². The van der Waals surface area contributed by atoms with Crippen molar-refractivity contribution in [2.24, 2.45) is 11.3 Å². The molecule has 7 atom stereocenters. The summed E-state index contributed by atoms with van der Waals surface area (Å²) in [5.41, 5.74) is 3.29. The summed E-state index contributed by atoms with van der Waals surface area (Å²) in [5, 5.41) is 26.2. The molecule has 0 amide bonds. The molecular weight excluding hydrogens is 520 g/mol. The van der Waals surface area contributed by atoms with Crippen LogP contribution in [0.15, 0.2) is 66.9 Å². The molecule has 3 bridgehead atoms. The van der Waals surface area contributed by atoms with Gasteiger partial charge in [-0.1, -0.05) is 42.5 Å². The van der Waals surface area contributed by atoms with Crippen molar-refractivity contribution in [3.05, 3.63) is 72.6 Å². The first-order chi connectivity index (χ1) is 20.6. The van der Waals surface area contributed by atoms with Crippen molar-refractivity contribution in [3.8, 4) is 0 Å². The number of aliphatic hydroxyl groups is 2. The SMILES string of the molecule is O[C@H]1C=CC[C@]2(O)C=C(c3nccc4c3[nH]c3ccccc34)[C@@H]3CCN(CCCC1)C[C@@]31C[C@@H]3C=CCCCCN3[C@@H]12. The fraction of sp³-hybridized carbons (Fsp3) is 0.528. The van der Waals surface area contributed by atoms with Crippen LogP contribution in [0, 0.1) is 11.3 Å². The zero-order valence-electron chi connectivity index (χ0n) is 24.6. The normalized spacial score (nSPS) is 37.3. The van der Waals surface area contributed by atoms with E-state index in [4.69, 9.17) is 4.98 Å². The van der Waals surface area contributed by atoms with Gasteiger partial charge in [-0.25, -0.2) is 0 Å². The summed E-state index contributed by atoms with van der Waals surface area (Å²) < 4.78 is 0. The number of rotatable bonds is 1. The van der Waals surface area contributed by atoms with E-state index < -0.39 is 11.7 Å². The van der Waals surface area contributed by atoms with Crippen LogP contribution in [-0.4, -0.2) is 79.9 Å². The van der Waals surface area contributed by atoms with Gasteiger partial charge in [0.15, 0.2) is 0 Å². The number of nitrogens with zero attached hydrogens (tertiary/aromatic N) is 3. The van der Waals surface area contributed by atoms with Crippen LogP contribution < -0.4 is 0 Å². The Morgan fingerprint density at radius 3 is 2.79 bits per heavy atom. The molecule has 2 saturated heterocycles. The molecule has 1 unspecified atom stereocenters. The summed E-state index contributed by atoms with van der Waals surface area (Å²) in [4.78, 5) is 14.2. The number of benzene rings is 1. The Labute approximate surface area is 248 Å². The molecule has 6 heterocycles. The third kappa shape index (κ3) is 4.25. The van der Waals surface area contributed by atoms with Gasteiger partial charge >= 0.3 is 0 Å². The first-order valence-electron chi connectivity index (χ1n) is 16.4. The Bertz CT molecular complexity index is 1570. The van der Waals surface area contributed by atoms with Crippen molar-refractivity contribution in [2.45, 2.75) is 81.6 Å². The van der Waals surface area contributed by atoms with Crippen molar-refractivity contribution in [3.63, 3.8) is 0 Å². The summed E-state index contributed by atoms with van der Waals surface area (Å²) in [5.74, 6) is 0.324. The molecule has 4 aliphatic heterocycles. The number of aromatic nitrogens is 2. The number of aliphatic hydroxyl groups excluding tert-OH is 1. The molecule has 3 N–H and O–H groups in total. The monoisotopic (exact) mass is 564 g/mol. The standard InChI is InChI=1S/C36H44N4O2/c41-26-11-6-8-19-39-21-16-30-29(32-33-28(15-18-37-32)27-13-4-5-14-31(27)38-33)23-36(42,17-9-12-26)34-35(30,24-39)22-25-10-3-1-2-7-20-40(25)34/h3-5,9-10,12-15,18,23,25-26,30,34,38,41-42H,1-2,6-8,11,16-17,19-22,24H2/t25-,26+,30-,34-,35-,36-/m0/s1. The first-order valence-corrected chi connectivity index (χ1v) is 16.4. The van der Waals surface area contributed by atoms with Gasteiger partial charge in [0.2, 0.25) is 0 Å². The Hall–Kier alpha value is -2.77. The van der Waals surface area contributed by atoms with E-state index in [2.05, 4.69) is 69.4 Å². The summed E-state index contributed by atoms with van der Waals surface area (Å²) in [6.07, 6.45) is 21.7. The molecule has 220 valence electrons. The van der Waals surface area contributed by atoms with E-state index in [1.165, 1.54) is 29.2 Å². The minimum absolute atomic E-state index is 0.0266. The largest absolute Gasteiger partial charge is 0.389 e. The Morgan fingerprint density at radius 1 is 0.929 bits per heavy atom. The van der Waals surface area contributed by atoms with Crippen LogP contribution in [0.5, 0.6) is 0 Å². The molecule has 6 nitrogen and oxygen atoms in total. The van der Waals surface area contributed by atoms with Gasteiger partial charge in [0.25, 0.3) is 0 Å². The van der Waals surface area contributed by atoms with Gasteiger partial charge in [0.1, 0.15) is 5.60 Å². The lowest BCUT2D eigenvalue weighted by Crippen LogP contribution is -2.65. The molecule has 0 saturated carbocycles. The minimum Gasteiger partial charge on any atom is -0.389 e. The molecule has 3 aromatic rings. The molecule has 1 aromatic carbocycles. The lowest BCUT2D eigenvalue weighted by atomic mass is 9.54. The average Bonchev–Trinajstić information content (AvgIpc) is 3.50. The second-order valence-electron chi connectivity index (χ2n) is 13.7. The number of para-hydroxylation sites is 1. The van der Waals surface area contributed by atoms with Crippen molar-refractivity contribution in [1.82, 2.24) is 19.8 Å².